The van der Waals surface area contributed by atoms with Crippen molar-refractivity contribution in [2.75, 3.05) is 13.6 Å². The molecule has 1 aromatic carbocycles. The Morgan fingerprint density at radius 1 is 1.47 bits per heavy atom. The van der Waals surface area contributed by atoms with E-state index < -0.39 is 0 Å². The molecule has 82 valence electrons. The van der Waals surface area contributed by atoms with Crippen LogP contribution in [-0.2, 0) is 6.54 Å². The first-order valence-corrected chi connectivity index (χ1v) is 6.07. The molecule has 0 N–H and O–H groups in total. The smallest absolute Gasteiger partial charge is 0.124 e. The van der Waals surface area contributed by atoms with Gasteiger partial charge in [0.15, 0.2) is 0 Å². The van der Waals surface area contributed by atoms with Crippen molar-refractivity contribution in [3.63, 3.8) is 0 Å². The van der Waals surface area contributed by atoms with E-state index in [0.717, 1.165) is 29.0 Å². The van der Waals surface area contributed by atoms with Crippen LogP contribution >= 0.6 is 15.9 Å². The van der Waals surface area contributed by atoms with Gasteiger partial charge in [0.05, 0.1) is 0 Å². The predicted molar refractivity (Wildman–Crippen MR) is 63.2 cm³/mol. The van der Waals surface area contributed by atoms with Gasteiger partial charge in [0.2, 0.25) is 0 Å². The molecular formula is C12H15BrFN. The van der Waals surface area contributed by atoms with Crippen LogP contribution < -0.4 is 0 Å². The zero-order chi connectivity index (χ0) is 10.8. The lowest BCUT2D eigenvalue weighted by Gasteiger charge is -2.17. The summed E-state index contributed by atoms with van der Waals surface area (Å²) in [6, 6.07) is 4.90. The van der Waals surface area contributed by atoms with Crippen LogP contribution in [0.2, 0.25) is 0 Å². The Labute approximate surface area is 98.4 Å². The molecule has 0 saturated heterocycles. The van der Waals surface area contributed by atoms with E-state index in [1.54, 1.807) is 0 Å². The van der Waals surface area contributed by atoms with Gasteiger partial charge in [-0.3, -0.25) is 0 Å². The highest BCUT2D eigenvalue weighted by Crippen LogP contribution is 2.30. The number of halogens is 2. The van der Waals surface area contributed by atoms with Gasteiger partial charge in [0, 0.05) is 17.6 Å². The van der Waals surface area contributed by atoms with Gasteiger partial charge in [0.25, 0.3) is 0 Å². The second-order valence-corrected chi connectivity index (χ2v) is 5.23. The van der Waals surface area contributed by atoms with Gasteiger partial charge in [-0.1, -0.05) is 22.0 Å². The van der Waals surface area contributed by atoms with Crippen LogP contribution in [0.25, 0.3) is 0 Å². The highest BCUT2D eigenvalue weighted by Gasteiger charge is 2.22. The maximum Gasteiger partial charge on any atom is 0.124 e. The zero-order valence-corrected chi connectivity index (χ0v) is 10.4. The molecule has 0 aromatic heterocycles. The molecule has 0 spiro atoms. The second-order valence-electron chi connectivity index (χ2n) is 4.38. The fourth-order valence-corrected chi connectivity index (χ4v) is 2.22. The SMILES string of the molecule is CN(Cc1ccc(F)cc1Br)CC1CC1. The predicted octanol–water partition coefficient (Wildman–Crippen LogP) is 3.43. The maximum atomic E-state index is 12.9. The molecule has 0 aliphatic heterocycles. The molecule has 1 fully saturated rings. The summed E-state index contributed by atoms with van der Waals surface area (Å²) in [4.78, 5) is 2.30. The summed E-state index contributed by atoms with van der Waals surface area (Å²) in [7, 11) is 2.12. The molecule has 3 heteroatoms. The molecule has 1 aliphatic carbocycles. The number of nitrogens with zero attached hydrogens (tertiary/aromatic N) is 1. The first kappa shape index (κ1) is 11.1. The van der Waals surface area contributed by atoms with E-state index in [9.17, 15) is 4.39 Å². The highest BCUT2D eigenvalue weighted by atomic mass is 79.9. The van der Waals surface area contributed by atoms with Crippen LogP contribution in [0.5, 0.6) is 0 Å². The molecule has 2 rings (SSSR count). The Balaban J connectivity index is 1.96. The second kappa shape index (κ2) is 4.62. The lowest BCUT2D eigenvalue weighted by molar-refractivity contribution is 0.312. The Morgan fingerprint density at radius 3 is 2.80 bits per heavy atom. The molecule has 15 heavy (non-hydrogen) atoms. The van der Waals surface area contributed by atoms with E-state index in [-0.39, 0.29) is 5.82 Å². The van der Waals surface area contributed by atoms with E-state index >= 15 is 0 Å². The molecule has 0 unspecified atom stereocenters. The quantitative estimate of drug-likeness (QED) is 0.811. The average molecular weight is 272 g/mol. The fourth-order valence-electron chi connectivity index (χ4n) is 1.75. The molecule has 0 radical (unpaired) electrons. The average Bonchev–Trinajstić information content (AvgIpc) is 2.94. The third-order valence-electron chi connectivity index (χ3n) is 2.72. The van der Waals surface area contributed by atoms with Crippen LogP contribution in [0, 0.1) is 11.7 Å². The van der Waals surface area contributed by atoms with Crippen molar-refractivity contribution in [2.24, 2.45) is 5.92 Å². The number of hydrogen-bond donors (Lipinski definition) is 0. The van der Waals surface area contributed by atoms with E-state index in [0.29, 0.717) is 0 Å². The van der Waals surface area contributed by atoms with Gasteiger partial charge < -0.3 is 4.90 Å². The van der Waals surface area contributed by atoms with E-state index in [4.69, 9.17) is 0 Å². The minimum absolute atomic E-state index is 0.185. The lowest BCUT2D eigenvalue weighted by atomic mass is 10.2. The number of hydrogen-bond acceptors (Lipinski definition) is 1. The van der Waals surface area contributed by atoms with Crippen LogP contribution in [0.3, 0.4) is 0 Å². The summed E-state index contributed by atoms with van der Waals surface area (Å²) in [6.07, 6.45) is 2.74. The number of rotatable bonds is 4. The minimum Gasteiger partial charge on any atom is -0.302 e. The highest BCUT2D eigenvalue weighted by molar-refractivity contribution is 9.10. The Bertz CT molecular complexity index is 349. The number of benzene rings is 1. The summed E-state index contributed by atoms with van der Waals surface area (Å²) in [5.41, 5.74) is 1.15. The zero-order valence-electron chi connectivity index (χ0n) is 8.84. The van der Waals surface area contributed by atoms with Crippen LogP contribution in [0.1, 0.15) is 18.4 Å². The van der Waals surface area contributed by atoms with E-state index in [2.05, 4.69) is 27.9 Å². The van der Waals surface area contributed by atoms with Gasteiger partial charge in [-0.2, -0.15) is 0 Å². The van der Waals surface area contributed by atoms with Crippen molar-refractivity contribution in [3.05, 3.63) is 34.1 Å². The van der Waals surface area contributed by atoms with Crippen molar-refractivity contribution in [3.8, 4) is 0 Å². The van der Waals surface area contributed by atoms with Crippen molar-refractivity contribution in [1.29, 1.82) is 0 Å². The summed E-state index contributed by atoms with van der Waals surface area (Å²) in [5, 5.41) is 0. The van der Waals surface area contributed by atoms with Crippen LogP contribution in [-0.4, -0.2) is 18.5 Å². The molecule has 1 nitrogen and oxygen atoms in total. The summed E-state index contributed by atoms with van der Waals surface area (Å²) in [6.45, 7) is 2.04. The first-order chi connectivity index (χ1) is 7.15. The normalized spacial score (nSPS) is 16.0. The van der Waals surface area contributed by atoms with E-state index in [1.165, 1.54) is 25.0 Å². The van der Waals surface area contributed by atoms with Gasteiger partial charge >= 0.3 is 0 Å². The summed E-state index contributed by atoms with van der Waals surface area (Å²) in [5.74, 6) is 0.713. The van der Waals surface area contributed by atoms with Gasteiger partial charge in [0.1, 0.15) is 5.82 Å². The molecule has 1 aromatic rings. The largest absolute Gasteiger partial charge is 0.302 e. The molecule has 0 amide bonds. The van der Waals surface area contributed by atoms with Crippen molar-refractivity contribution in [1.82, 2.24) is 4.90 Å². The summed E-state index contributed by atoms with van der Waals surface area (Å²) < 4.78 is 13.7. The van der Waals surface area contributed by atoms with Gasteiger partial charge in [-0.25, -0.2) is 4.39 Å². The van der Waals surface area contributed by atoms with Gasteiger partial charge in [-0.05, 0) is 43.5 Å². The molecule has 0 atom stereocenters. The molecule has 1 saturated carbocycles. The molecule has 0 bridgehead atoms. The van der Waals surface area contributed by atoms with Gasteiger partial charge in [-0.15, -0.1) is 0 Å². The standard InChI is InChI=1S/C12H15BrFN/c1-15(7-9-2-3-9)8-10-4-5-11(14)6-12(10)13/h4-6,9H,2-3,7-8H2,1H3. The topological polar surface area (TPSA) is 3.24 Å². The Kier molecular flexibility index (Phi) is 3.42. The third-order valence-corrected chi connectivity index (χ3v) is 3.46. The van der Waals surface area contributed by atoms with Crippen molar-refractivity contribution >= 4 is 15.9 Å². The Hall–Kier alpha value is -0.410. The lowest BCUT2D eigenvalue weighted by Crippen LogP contribution is -2.20. The van der Waals surface area contributed by atoms with E-state index in [1.807, 2.05) is 6.07 Å². The molecule has 1 aliphatic rings. The monoisotopic (exact) mass is 271 g/mol. The first-order valence-electron chi connectivity index (χ1n) is 5.27. The molecule has 0 heterocycles. The van der Waals surface area contributed by atoms with Crippen molar-refractivity contribution in [2.45, 2.75) is 19.4 Å². The maximum absolute atomic E-state index is 12.9. The molecular weight excluding hydrogens is 257 g/mol. The third kappa shape index (κ3) is 3.28. The van der Waals surface area contributed by atoms with Crippen molar-refractivity contribution < 1.29 is 4.39 Å². The fraction of sp³-hybridized carbons (Fsp3) is 0.500. The van der Waals surface area contributed by atoms with Crippen LogP contribution in [0.15, 0.2) is 22.7 Å². The minimum atomic E-state index is -0.185. The summed E-state index contributed by atoms with van der Waals surface area (Å²) >= 11 is 3.39. The Morgan fingerprint density at radius 2 is 2.20 bits per heavy atom. The van der Waals surface area contributed by atoms with Crippen LogP contribution in [0.4, 0.5) is 4.39 Å².